The molecular weight excluding hydrogens is 452 g/mol. The van der Waals surface area contributed by atoms with Crippen molar-refractivity contribution in [3.8, 4) is 0 Å². The molecule has 0 bridgehead atoms. The van der Waals surface area contributed by atoms with E-state index < -0.39 is 0 Å². The maximum absolute atomic E-state index is 5.60. The first-order valence-electron chi connectivity index (χ1n) is 12.6. The molecule has 6 nitrogen and oxygen atoms in total. The van der Waals surface area contributed by atoms with Crippen molar-refractivity contribution >= 4 is 34.9 Å². The van der Waals surface area contributed by atoms with Gasteiger partial charge in [-0.2, -0.15) is 9.97 Å². The van der Waals surface area contributed by atoms with Crippen LogP contribution in [-0.2, 0) is 19.5 Å². The Morgan fingerprint density at radius 2 is 1.74 bits per heavy atom. The highest BCUT2D eigenvalue weighted by Gasteiger charge is 2.23. The summed E-state index contributed by atoms with van der Waals surface area (Å²) in [6, 6.07) is 19.3. The molecule has 7 heteroatoms. The first-order valence-corrected chi connectivity index (χ1v) is 13.0. The van der Waals surface area contributed by atoms with E-state index in [1.807, 2.05) is 0 Å². The first-order chi connectivity index (χ1) is 17.0. The summed E-state index contributed by atoms with van der Waals surface area (Å²) in [5.41, 5.74) is 5.24. The van der Waals surface area contributed by atoms with Gasteiger partial charge < -0.3 is 20.4 Å². The van der Waals surface area contributed by atoms with Gasteiger partial charge in [-0.3, -0.25) is 0 Å². The normalized spacial score (nSPS) is 17.6. The van der Waals surface area contributed by atoms with Gasteiger partial charge in [-0.05, 0) is 61.0 Å². The van der Waals surface area contributed by atoms with E-state index >= 15 is 0 Å². The number of rotatable bonds is 5. The van der Waals surface area contributed by atoms with Crippen LogP contribution in [0.1, 0.15) is 42.0 Å². The van der Waals surface area contributed by atoms with Gasteiger partial charge in [0.05, 0.1) is 0 Å². The topological polar surface area (TPSA) is 56.3 Å². The van der Waals surface area contributed by atoms with Crippen LogP contribution >= 0.6 is 12.2 Å². The zero-order valence-electron chi connectivity index (χ0n) is 20.6. The van der Waals surface area contributed by atoms with Crippen molar-refractivity contribution in [3.05, 3.63) is 76.9 Å². The minimum Gasteiger partial charge on any atom is -0.358 e. The third-order valence-electron chi connectivity index (χ3n) is 6.93. The van der Waals surface area contributed by atoms with Crippen molar-refractivity contribution in [1.29, 1.82) is 0 Å². The Balaban J connectivity index is 1.35. The van der Waals surface area contributed by atoms with E-state index in [0.29, 0.717) is 23.5 Å². The van der Waals surface area contributed by atoms with E-state index in [-0.39, 0.29) is 0 Å². The van der Waals surface area contributed by atoms with Crippen molar-refractivity contribution in [2.45, 2.75) is 46.2 Å². The molecule has 5 rings (SSSR count). The maximum atomic E-state index is 5.60. The highest BCUT2D eigenvalue weighted by molar-refractivity contribution is 7.80. The fourth-order valence-corrected chi connectivity index (χ4v) is 5.09. The number of piperidine rings is 1. The molecule has 182 valence electrons. The molecule has 0 aliphatic carbocycles. The summed E-state index contributed by atoms with van der Waals surface area (Å²) in [4.78, 5) is 14.5. The summed E-state index contributed by atoms with van der Waals surface area (Å²) in [6.45, 7) is 8.92. The second kappa shape index (κ2) is 10.6. The maximum Gasteiger partial charge on any atom is 0.232 e. The molecule has 0 saturated carbocycles. The molecule has 2 N–H and O–H groups in total. The number of fused-ring (bicyclic) bond motifs is 1. The molecule has 1 fully saturated rings. The smallest absolute Gasteiger partial charge is 0.232 e. The van der Waals surface area contributed by atoms with Crippen molar-refractivity contribution in [2.75, 3.05) is 34.8 Å². The van der Waals surface area contributed by atoms with Crippen LogP contribution in [0.2, 0.25) is 0 Å². The van der Waals surface area contributed by atoms with Crippen molar-refractivity contribution in [3.63, 3.8) is 0 Å². The Bertz CT molecular complexity index is 1180. The lowest BCUT2D eigenvalue weighted by atomic mass is 10.00. The zero-order valence-corrected chi connectivity index (χ0v) is 21.4. The molecule has 0 spiro atoms. The first kappa shape index (κ1) is 23.5. The van der Waals surface area contributed by atoms with Gasteiger partial charge in [-0.15, -0.1) is 0 Å². The van der Waals surface area contributed by atoms with Gasteiger partial charge in [0.1, 0.15) is 11.6 Å². The van der Waals surface area contributed by atoms with Crippen LogP contribution in [0.5, 0.6) is 0 Å². The third-order valence-corrected chi connectivity index (χ3v) is 7.18. The summed E-state index contributed by atoms with van der Waals surface area (Å²) < 4.78 is 0. The van der Waals surface area contributed by atoms with Crippen LogP contribution in [0, 0.1) is 12.8 Å². The van der Waals surface area contributed by atoms with E-state index in [4.69, 9.17) is 22.2 Å². The largest absolute Gasteiger partial charge is 0.358 e. The standard InChI is InChI=1S/C28H34N6S/c1-20-9-11-22(12-10-20)17-29-28(35)32-27-30-25(33-14-5-6-21(2)18-33)16-26(31-27)34-15-13-23-7-3-4-8-24(23)19-34/h3-4,7-12,16,21H,5-6,13-15,17-19H2,1-2H3,(H2,29,30,31,32,35)/t21-/m0/s1. The number of hydrogen-bond acceptors (Lipinski definition) is 5. The molecule has 35 heavy (non-hydrogen) atoms. The van der Waals surface area contributed by atoms with Crippen LogP contribution in [0.15, 0.2) is 54.6 Å². The average molecular weight is 487 g/mol. The van der Waals surface area contributed by atoms with Crippen LogP contribution in [0.3, 0.4) is 0 Å². The Morgan fingerprint density at radius 1 is 1.00 bits per heavy atom. The number of anilines is 3. The van der Waals surface area contributed by atoms with Gasteiger partial charge in [-0.1, -0.05) is 61.0 Å². The summed E-state index contributed by atoms with van der Waals surface area (Å²) in [5, 5.41) is 7.09. The Morgan fingerprint density at radius 3 is 2.51 bits per heavy atom. The molecule has 0 amide bonds. The number of thiocarbonyl (C=S) groups is 1. The van der Waals surface area contributed by atoms with E-state index in [0.717, 1.165) is 44.2 Å². The molecule has 0 unspecified atom stereocenters. The van der Waals surface area contributed by atoms with Crippen LogP contribution in [0.25, 0.3) is 0 Å². The molecule has 2 aliphatic heterocycles. The molecule has 3 aromatic rings. The quantitative estimate of drug-likeness (QED) is 0.488. The highest BCUT2D eigenvalue weighted by Crippen LogP contribution is 2.29. The minimum atomic E-state index is 0.532. The summed E-state index contributed by atoms with van der Waals surface area (Å²) in [5.74, 6) is 3.14. The highest BCUT2D eigenvalue weighted by atomic mass is 32.1. The SMILES string of the molecule is Cc1ccc(CNC(=S)Nc2nc(N3CCc4ccccc4C3)cc(N3CCC[C@H](C)C3)n2)cc1. The van der Waals surface area contributed by atoms with Gasteiger partial charge in [0.2, 0.25) is 5.95 Å². The number of nitrogens with one attached hydrogen (secondary N) is 2. The van der Waals surface area contributed by atoms with Gasteiger partial charge in [-0.25, -0.2) is 0 Å². The summed E-state index contributed by atoms with van der Waals surface area (Å²) >= 11 is 5.60. The Labute approximate surface area is 213 Å². The Kier molecular flexibility index (Phi) is 7.13. The number of hydrogen-bond donors (Lipinski definition) is 2. The van der Waals surface area contributed by atoms with Crippen LogP contribution < -0.4 is 20.4 Å². The number of aryl methyl sites for hydroxylation is 1. The molecule has 1 aromatic heterocycles. The second-order valence-corrected chi connectivity index (χ2v) is 10.2. The average Bonchev–Trinajstić information content (AvgIpc) is 2.88. The van der Waals surface area contributed by atoms with Crippen LogP contribution in [-0.4, -0.2) is 34.7 Å². The number of benzene rings is 2. The minimum absolute atomic E-state index is 0.532. The lowest BCUT2D eigenvalue weighted by Crippen LogP contribution is -2.36. The molecule has 1 atom stereocenters. The molecule has 0 radical (unpaired) electrons. The molecule has 3 heterocycles. The summed E-state index contributed by atoms with van der Waals surface area (Å²) in [7, 11) is 0. The monoisotopic (exact) mass is 486 g/mol. The number of aromatic nitrogens is 2. The molecular formula is C28H34N6S. The van der Waals surface area contributed by atoms with Gasteiger partial charge in [0, 0.05) is 38.8 Å². The molecule has 2 aliphatic rings. The van der Waals surface area contributed by atoms with E-state index in [2.05, 4.69) is 88.9 Å². The zero-order chi connectivity index (χ0) is 24.2. The Hall–Kier alpha value is -3.19. The predicted molar refractivity (Wildman–Crippen MR) is 148 cm³/mol. The summed E-state index contributed by atoms with van der Waals surface area (Å²) in [6.07, 6.45) is 3.49. The van der Waals surface area contributed by atoms with Gasteiger partial charge in [0.15, 0.2) is 5.11 Å². The number of nitrogens with zero attached hydrogens (tertiary/aromatic N) is 4. The van der Waals surface area contributed by atoms with E-state index in [9.17, 15) is 0 Å². The fourth-order valence-electron chi connectivity index (χ4n) is 4.92. The lowest BCUT2D eigenvalue weighted by Gasteiger charge is -2.34. The lowest BCUT2D eigenvalue weighted by molar-refractivity contribution is 0.444. The van der Waals surface area contributed by atoms with E-state index in [1.165, 1.54) is 35.1 Å². The van der Waals surface area contributed by atoms with Crippen LogP contribution in [0.4, 0.5) is 17.6 Å². The van der Waals surface area contributed by atoms with Gasteiger partial charge >= 0.3 is 0 Å². The van der Waals surface area contributed by atoms with Crippen molar-refractivity contribution in [1.82, 2.24) is 15.3 Å². The van der Waals surface area contributed by atoms with Crippen molar-refractivity contribution in [2.24, 2.45) is 5.92 Å². The predicted octanol–water partition coefficient (Wildman–Crippen LogP) is 5.07. The van der Waals surface area contributed by atoms with Crippen molar-refractivity contribution < 1.29 is 0 Å². The second-order valence-electron chi connectivity index (χ2n) is 9.83. The molecule has 2 aromatic carbocycles. The fraction of sp³-hybridized carbons (Fsp3) is 0.393. The third kappa shape index (κ3) is 5.90. The van der Waals surface area contributed by atoms with Gasteiger partial charge in [0.25, 0.3) is 0 Å². The molecule has 1 saturated heterocycles. The van der Waals surface area contributed by atoms with E-state index in [1.54, 1.807) is 0 Å².